The molecule has 3 aromatic rings. The van der Waals surface area contributed by atoms with E-state index in [1.807, 2.05) is 29.7 Å². The van der Waals surface area contributed by atoms with Gasteiger partial charge in [0.1, 0.15) is 22.7 Å². The Hall–Kier alpha value is -3.11. The molecule has 0 unspecified atom stereocenters. The monoisotopic (exact) mass is 389 g/mol. The van der Waals surface area contributed by atoms with Crippen LogP contribution in [0.4, 0.5) is 0 Å². The van der Waals surface area contributed by atoms with Crippen LogP contribution in [-0.2, 0) is 4.79 Å². The van der Waals surface area contributed by atoms with E-state index in [1.54, 1.807) is 24.3 Å². The molecule has 0 N–H and O–H groups in total. The average Bonchev–Trinajstić information content (AvgIpc) is 3.14. The first-order valence-electron chi connectivity index (χ1n) is 9.01. The molecule has 140 valence electrons. The van der Waals surface area contributed by atoms with E-state index in [1.165, 1.54) is 4.88 Å². The van der Waals surface area contributed by atoms with Crippen LogP contribution in [-0.4, -0.2) is 26.3 Å². The highest BCUT2D eigenvalue weighted by Crippen LogP contribution is 2.39. The van der Waals surface area contributed by atoms with Gasteiger partial charge in [-0.25, -0.2) is 0 Å². The fourth-order valence-electron chi connectivity index (χ4n) is 3.57. The Bertz CT molecular complexity index is 1180. The zero-order valence-electron chi connectivity index (χ0n) is 16.1. The van der Waals surface area contributed by atoms with Gasteiger partial charge in [-0.2, -0.15) is 5.26 Å². The number of nitriles is 1. The van der Waals surface area contributed by atoms with Crippen molar-refractivity contribution in [3.05, 3.63) is 63.0 Å². The second-order valence-corrected chi connectivity index (χ2v) is 8.16. The van der Waals surface area contributed by atoms with Crippen LogP contribution in [0.25, 0.3) is 5.00 Å². The zero-order valence-corrected chi connectivity index (χ0v) is 17.0. The van der Waals surface area contributed by atoms with Crippen molar-refractivity contribution in [2.75, 3.05) is 0 Å². The quantitative estimate of drug-likeness (QED) is 0.678. The summed E-state index contributed by atoms with van der Waals surface area (Å²) < 4.78 is 2.01. The molecule has 1 aromatic carbocycles. The number of rotatable bonds is 3. The highest BCUT2D eigenvalue weighted by molar-refractivity contribution is 7.15. The third-order valence-corrected chi connectivity index (χ3v) is 6.22. The number of fused-ring (bicyclic) bond motifs is 3. The van der Waals surface area contributed by atoms with E-state index in [0.717, 1.165) is 33.2 Å². The fraction of sp³-hybridized carbons (Fsp3) is 0.286. The minimum atomic E-state index is -0.445. The number of ketones is 1. The number of hydrogen-bond acceptors (Lipinski definition) is 6. The molecular weight excluding hydrogens is 370 g/mol. The molecule has 1 atom stereocenters. The van der Waals surface area contributed by atoms with Crippen LogP contribution in [0, 0.1) is 32.1 Å². The molecule has 0 spiro atoms. The van der Waals surface area contributed by atoms with Gasteiger partial charge in [-0.1, -0.05) is 18.2 Å². The highest BCUT2D eigenvalue weighted by Gasteiger charge is 2.32. The molecule has 0 bridgehead atoms. The number of aryl methyl sites for hydroxylation is 2. The summed E-state index contributed by atoms with van der Waals surface area (Å²) in [5, 5.41) is 19.2. The number of aliphatic imine (C=N–C) groups is 1. The number of carbonyl (C=O) groups is 1. The van der Waals surface area contributed by atoms with Gasteiger partial charge in [0, 0.05) is 22.4 Å². The van der Waals surface area contributed by atoms with Crippen LogP contribution in [0.1, 0.15) is 58.2 Å². The molecule has 1 aliphatic rings. The van der Waals surface area contributed by atoms with Crippen molar-refractivity contribution in [3.63, 3.8) is 0 Å². The molecule has 0 aliphatic carbocycles. The Kier molecular flexibility index (Phi) is 4.44. The van der Waals surface area contributed by atoms with E-state index in [-0.39, 0.29) is 12.2 Å². The van der Waals surface area contributed by atoms with Gasteiger partial charge in [-0.3, -0.25) is 14.4 Å². The van der Waals surface area contributed by atoms with Crippen molar-refractivity contribution in [1.82, 2.24) is 14.8 Å². The van der Waals surface area contributed by atoms with Crippen LogP contribution in [0.2, 0.25) is 0 Å². The summed E-state index contributed by atoms with van der Waals surface area (Å²) >= 11 is 1.66. The molecule has 6 nitrogen and oxygen atoms in total. The summed E-state index contributed by atoms with van der Waals surface area (Å²) in [4.78, 5) is 18.1. The van der Waals surface area contributed by atoms with Crippen molar-refractivity contribution in [2.45, 2.75) is 40.2 Å². The SMILES string of the molecule is CC(=O)C[C@@H]1N=C(c2ccccc2C#N)c2c(sc(C)c2C)-n2c(C)nnc21. The first kappa shape index (κ1) is 18.3. The Morgan fingerprint density at radius 3 is 2.71 bits per heavy atom. The summed E-state index contributed by atoms with van der Waals surface area (Å²) in [7, 11) is 0. The second-order valence-electron chi connectivity index (χ2n) is 6.96. The topological polar surface area (TPSA) is 83.9 Å². The van der Waals surface area contributed by atoms with Gasteiger partial charge in [-0.15, -0.1) is 21.5 Å². The minimum Gasteiger partial charge on any atom is -0.300 e. The van der Waals surface area contributed by atoms with Crippen molar-refractivity contribution in [2.24, 2.45) is 4.99 Å². The van der Waals surface area contributed by atoms with Crippen molar-refractivity contribution >= 4 is 22.8 Å². The lowest BCUT2D eigenvalue weighted by molar-refractivity contribution is -0.117. The molecule has 7 heteroatoms. The van der Waals surface area contributed by atoms with Crippen LogP contribution in [0.15, 0.2) is 29.3 Å². The molecule has 0 amide bonds. The van der Waals surface area contributed by atoms with Gasteiger partial charge >= 0.3 is 0 Å². The molecule has 0 saturated heterocycles. The molecule has 0 saturated carbocycles. The highest BCUT2D eigenvalue weighted by atomic mass is 32.1. The van der Waals surface area contributed by atoms with E-state index in [4.69, 9.17) is 4.99 Å². The molecular formula is C21H19N5OS. The number of Topliss-reactive ketones (excluding diaryl/α,β-unsaturated/α-hetero) is 1. The van der Waals surface area contributed by atoms with Crippen molar-refractivity contribution < 1.29 is 4.79 Å². The fourth-order valence-corrected chi connectivity index (χ4v) is 4.78. The van der Waals surface area contributed by atoms with Crippen LogP contribution in [0.5, 0.6) is 0 Å². The normalized spacial score (nSPS) is 15.2. The average molecular weight is 389 g/mol. The predicted octanol–water partition coefficient (Wildman–Crippen LogP) is 4.00. The van der Waals surface area contributed by atoms with Gasteiger partial charge in [-0.05, 0) is 39.3 Å². The number of carbonyl (C=O) groups excluding carboxylic acids is 1. The van der Waals surface area contributed by atoms with Gasteiger partial charge in [0.25, 0.3) is 0 Å². The molecule has 4 rings (SSSR count). The zero-order chi connectivity index (χ0) is 20.0. The van der Waals surface area contributed by atoms with Gasteiger partial charge in [0.15, 0.2) is 5.82 Å². The maximum absolute atomic E-state index is 12.0. The lowest BCUT2D eigenvalue weighted by Crippen LogP contribution is -2.10. The molecule has 2 aromatic heterocycles. The summed E-state index contributed by atoms with van der Waals surface area (Å²) in [6, 6.07) is 9.29. The van der Waals surface area contributed by atoms with Crippen LogP contribution < -0.4 is 0 Å². The third kappa shape index (κ3) is 2.77. The Balaban J connectivity index is 2.09. The lowest BCUT2D eigenvalue weighted by Gasteiger charge is -2.12. The molecule has 0 radical (unpaired) electrons. The smallest absolute Gasteiger partial charge is 0.163 e. The predicted molar refractivity (Wildman–Crippen MR) is 108 cm³/mol. The lowest BCUT2D eigenvalue weighted by atomic mass is 9.96. The van der Waals surface area contributed by atoms with Crippen molar-refractivity contribution in [1.29, 1.82) is 5.26 Å². The van der Waals surface area contributed by atoms with E-state index in [2.05, 4.69) is 30.1 Å². The molecule has 28 heavy (non-hydrogen) atoms. The molecule has 3 heterocycles. The van der Waals surface area contributed by atoms with Gasteiger partial charge < -0.3 is 0 Å². The number of benzene rings is 1. The van der Waals surface area contributed by atoms with E-state index >= 15 is 0 Å². The van der Waals surface area contributed by atoms with Gasteiger partial charge in [0.05, 0.1) is 17.3 Å². The summed E-state index contributed by atoms with van der Waals surface area (Å²) in [6.07, 6.45) is 0.239. The standard InChI is InChI=1S/C21H19N5OS/c1-11(27)9-17-20-25-24-14(4)26(20)21-18(12(2)13(3)28-21)19(23-17)16-8-6-5-7-15(16)10-22/h5-8,17H,9H2,1-4H3/t17-/m0/s1. The maximum Gasteiger partial charge on any atom is 0.163 e. The van der Waals surface area contributed by atoms with E-state index < -0.39 is 6.04 Å². The summed E-state index contributed by atoms with van der Waals surface area (Å²) in [5.74, 6) is 1.46. The minimum absolute atomic E-state index is 0.0343. The second kappa shape index (κ2) is 6.80. The largest absolute Gasteiger partial charge is 0.300 e. The number of thiophene rings is 1. The van der Waals surface area contributed by atoms with E-state index in [9.17, 15) is 10.1 Å². The maximum atomic E-state index is 12.0. The number of nitrogens with zero attached hydrogens (tertiary/aromatic N) is 5. The number of aromatic nitrogens is 3. The van der Waals surface area contributed by atoms with Crippen LogP contribution in [0.3, 0.4) is 0 Å². The van der Waals surface area contributed by atoms with Gasteiger partial charge in [0.2, 0.25) is 0 Å². The Morgan fingerprint density at radius 2 is 2.00 bits per heavy atom. The first-order valence-corrected chi connectivity index (χ1v) is 9.83. The number of hydrogen-bond donors (Lipinski definition) is 0. The summed E-state index contributed by atoms with van der Waals surface area (Å²) in [5.41, 5.74) is 4.18. The molecule has 0 fully saturated rings. The third-order valence-electron chi connectivity index (χ3n) is 5.02. The first-order chi connectivity index (χ1) is 13.4. The van der Waals surface area contributed by atoms with E-state index in [0.29, 0.717) is 11.4 Å². The van der Waals surface area contributed by atoms with Crippen LogP contribution >= 0.6 is 11.3 Å². The van der Waals surface area contributed by atoms with Crippen molar-refractivity contribution in [3.8, 4) is 11.1 Å². The molecule has 1 aliphatic heterocycles. The summed E-state index contributed by atoms with van der Waals surface area (Å²) in [6.45, 7) is 7.61. The Labute approximate surface area is 167 Å². The Morgan fingerprint density at radius 1 is 1.25 bits per heavy atom.